The molecule has 0 unspecified atom stereocenters. The highest BCUT2D eigenvalue weighted by Gasteiger charge is 1.86. The van der Waals surface area contributed by atoms with Gasteiger partial charge in [0.05, 0.1) is 0 Å². The Kier molecular flexibility index (Phi) is 8.34. The molecule has 0 saturated heterocycles. The molecule has 0 aromatic rings. The third-order valence-electron chi connectivity index (χ3n) is 1.35. The fraction of sp³-hybridized carbons (Fsp3) is 1.00. The highest BCUT2D eigenvalue weighted by molar-refractivity contribution is 6.26. The molecule has 0 radical (unpaired) electrons. The molecule has 0 aliphatic carbocycles. The molecule has 0 bridgehead atoms. The summed E-state index contributed by atoms with van der Waals surface area (Å²) in [5, 5.41) is 0. The lowest BCUT2D eigenvalue weighted by Crippen LogP contribution is -1.96. The predicted molar refractivity (Wildman–Crippen MR) is 44.5 cm³/mol. The smallest absolute Gasteiger partial charge is 0.161 e. The minimum absolute atomic E-state index is 0.109. The van der Waals surface area contributed by atoms with E-state index in [-0.39, 0.29) is 9.76 Å². The van der Waals surface area contributed by atoms with Crippen molar-refractivity contribution in [3.8, 4) is 0 Å². The van der Waals surface area contributed by atoms with Crippen LogP contribution in [-0.4, -0.2) is 16.4 Å². The molecule has 56 valence electrons. The van der Waals surface area contributed by atoms with Crippen LogP contribution in [0.15, 0.2) is 0 Å². The van der Waals surface area contributed by atoms with E-state index < -0.39 is 0 Å². The molecule has 0 aliphatic rings. The molecule has 0 fully saturated rings. The molecule has 9 heavy (non-hydrogen) atoms. The SMILES string of the molecule is CCCCC[SiH2]OCC. The van der Waals surface area contributed by atoms with Gasteiger partial charge in [0, 0.05) is 6.61 Å². The Bertz CT molecular complexity index is 42.2. The van der Waals surface area contributed by atoms with Crippen molar-refractivity contribution >= 4 is 9.76 Å². The Hall–Kier alpha value is 0.177. The molecule has 0 N–H and O–H groups in total. The fourth-order valence-corrected chi connectivity index (χ4v) is 1.83. The second-order valence-corrected chi connectivity index (χ2v) is 3.78. The lowest BCUT2D eigenvalue weighted by Gasteiger charge is -1.97. The molecular formula is C7H18OSi. The number of rotatable bonds is 6. The van der Waals surface area contributed by atoms with Crippen LogP contribution >= 0.6 is 0 Å². The summed E-state index contributed by atoms with van der Waals surface area (Å²) in [5.74, 6) is 0. The Morgan fingerprint density at radius 1 is 1.22 bits per heavy atom. The first-order valence-electron chi connectivity index (χ1n) is 3.99. The van der Waals surface area contributed by atoms with E-state index in [0.29, 0.717) is 0 Å². The molecule has 0 amide bonds. The molecule has 0 aliphatic heterocycles. The van der Waals surface area contributed by atoms with Crippen LogP contribution in [-0.2, 0) is 4.43 Å². The van der Waals surface area contributed by atoms with Crippen molar-refractivity contribution in [2.24, 2.45) is 0 Å². The van der Waals surface area contributed by atoms with Gasteiger partial charge in [0.1, 0.15) is 0 Å². The summed E-state index contributed by atoms with van der Waals surface area (Å²) < 4.78 is 5.32. The zero-order valence-electron chi connectivity index (χ0n) is 6.65. The lowest BCUT2D eigenvalue weighted by molar-refractivity contribution is 0.359. The van der Waals surface area contributed by atoms with Crippen LogP contribution in [0, 0.1) is 0 Å². The molecule has 0 atom stereocenters. The van der Waals surface area contributed by atoms with Crippen molar-refractivity contribution in [3.05, 3.63) is 0 Å². The lowest BCUT2D eigenvalue weighted by atomic mass is 10.3. The predicted octanol–water partition coefficient (Wildman–Crippen LogP) is 1.72. The van der Waals surface area contributed by atoms with Crippen molar-refractivity contribution in [3.63, 3.8) is 0 Å². The van der Waals surface area contributed by atoms with E-state index in [9.17, 15) is 0 Å². The maximum Gasteiger partial charge on any atom is 0.161 e. The fourth-order valence-electron chi connectivity index (χ4n) is 0.775. The largest absolute Gasteiger partial charge is 0.424 e. The van der Waals surface area contributed by atoms with Crippen molar-refractivity contribution in [2.45, 2.75) is 39.2 Å². The van der Waals surface area contributed by atoms with E-state index in [2.05, 4.69) is 13.8 Å². The zero-order valence-corrected chi connectivity index (χ0v) is 8.07. The molecule has 0 heterocycles. The van der Waals surface area contributed by atoms with Gasteiger partial charge in [-0.2, -0.15) is 0 Å². The Labute approximate surface area is 60.7 Å². The van der Waals surface area contributed by atoms with E-state index in [0.717, 1.165) is 6.61 Å². The van der Waals surface area contributed by atoms with Gasteiger partial charge in [0.15, 0.2) is 9.76 Å². The van der Waals surface area contributed by atoms with Crippen molar-refractivity contribution in [2.75, 3.05) is 6.61 Å². The van der Waals surface area contributed by atoms with Gasteiger partial charge in [-0.05, 0) is 13.0 Å². The van der Waals surface area contributed by atoms with Gasteiger partial charge in [-0.15, -0.1) is 0 Å². The molecule has 0 rings (SSSR count). The third kappa shape index (κ3) is 8.18. The van der Waals surface area contributed by atoms with Gasteiger partial charge in [-0.1, -0.05) is 26.2 Å². The quantitative estimate of drug-likeness (QED) is 0.409. The van der Waals surface area contributed by atoms with Crippen molar-refractivity contribution in [1.82, 2.24) is 0 Å². The molecule has 0 aromatic carbocycles. The van der Waals surface area contributed by atoms with Gasteiger partial charge in [0.25, 0.3) is 0 Å². The van der Waals surface area contributed by atoms with E-state index in [1.54, 1.807) is 0 Å². The third-order valence-corrected chi connectivity index (χ3v) is 2.83. The Balaban J connectivity index is 2.60. The van der Waals surface area contributed by atoms with Crippen LogP contribution in [0.5, 0.6) is 0 Å². The first-order valence-corrected chi connectivity index (χ1v) is 5.57. The van der Waals surface area contributed by atoms with Gasteiger partial charge in [-0.25, -0.2) is 0 Å². The number of unbranched alkanes of at least 4 members (excludes halogenated alkanes) is 2. The number of hydrogen-bond donors (Lipinski definition) is 0. The van der Waals surface area contributed by atoms with Gasteiger partial charge < -0.3 is 4.43 Å². The van der Waals surface area contributed by atoms with Crippen LogP contribution in [0.4, 0.5) is 0 Å². The standard InChI is InChI=1S/C7H18OSi/c1-3-5-6-7-9-8-4-2/h3-7,9H2,1-2H3. The minimum Gasteiger partial charge on any atom is -0.424 e. The highest BCUT2D eigenvalue weighted by atomic mass is 28.2. The molecule has 1 nitrogen and oxygen atoms in total. The monoisotopic (exact) mass is 146 g/mol. The molecule has 0 spiro atoms. The van der Waals surface area contributed by atoms with Gasteiger partial charge in [0.2, 0.25) is 0 Å². The minimum atomic E-state index is -0.109. The van der Waals surface area contributed by atoms with Crippen LogP contribution in [0.25, 0.3) is 0 Å². The van der Waals surface area contributed by atoms with Crippen molar-refractivity contribution < 1.29 is 4.43 Å². The normalized spacial score (nSPS) is 11.3. The summed E-state index contributed by atoms with van der Waals surface area (Å²) in [5.41, 5.74) is 0. The van der Waals surface area contributed by atoms with E-state index in [1.165, 1.54) is 25.3 Å². The average Bonchev–Trinajstić information content (AvgIpc) is 1.89. The molecule has 0 aromatic heterocycles. The highest BCUT2D eigenvalue weighted by Crippen LogP contribution is 1.98. The first-order chi connectivity index (χ1) is 4.41. The number of hydrogen-bond acceptors (Lipinski definition) is 1. The summed E-state index contributed by atoms with van der Waals surface area (Å²) >= 11 is 0. The van der Waals surface area contributed by atoms with E-state index >= 15 is 0 Å². The molecular weight excluding hydrogens is 128 g/mol. The molecule has 2 heteroatoms. The zero-order chi connectivity index (χ0) is 6.95. The topological polar surface area (TPSA) is 9.23 Å². The van der Waals surface area contributed by atoms with E-state index in [1.807, 2.05) is 0 Å². The van der Waals surface area contributed by atoms with E-state index in [4.69, 9.17) is 4.43 Å². The van der Waals surface area contributed by atoms with Crippen LogP contribution in [0.3, 0.4) is 0 Å². The average molecular weight is 146 g/mol. The van der Waals surface area contributed by atoms with Crippen LogP contribution in [0.1, 0.15) is 33.1 Å². The second-order valence-electron chi connectivity index (χ2n) is 2.26. The Morgan fingerprint density at radius 2 is 2.00 bits per heavy atom. The maximum atomic E-state index is 5.32. The molecule has 0 saturated carbocycles. The Morgan fingerprint density at radius 3 is 2.56 bits per heavy atom. The van der Waals surface area contributed by atoms with Crippen LogP contribution in [0.2, 0.25) is 6.04 Å². The van der Waals surface area contributed by atoms with Gasteiger partial charge >= 0.3 is 0 Å². The summed E-state index contributed by atoms with van der Waals surface area (Å²) in [7, 11) is -0.109. The summed E-state index contributed by atoms with van der Waals surface area (Å²) in [4.78, 5) is 0. The maximum absolute atomic E-state index is 5.32. The second kappa shape index (κ2) is 8.18. The summed E-state index contributed by atoms with van der Waals surface area (Å²) in [6.45, 7) is 5.24. The summed E-state index contributed by atoms with van der Waals surface area (Å²) in [6.07, 6.45) is 4.11. The van der Waals surface area contributed by atoms with Crippen molar-refractivity contribution in [1.29, 1.82) is 0 Å². The summed E-state index contributed by atoms with van der Waals surface area (Å²) in [6, 6.07) is 1.38. The van der Waals surface area contributed by atoms with Gasteiger partial charge in [-0.3, -0.25) is 0 Å². The first kappa shape index (κ1) is 9.18. The van der Waals surface area contributed by atoms with Crippen LogP contribution < -0.4 is 0 Å².